The summed E-state index contributed by atoms with van der Waals surface area (Å²) in [7, 11) is 5.22. The third-order valence-electron chi connectivity index (χ3n) is 4.28. The number of aromatic nitrogens is 2. The van der Waals surface area contributed by atoms with Crippen LogP contribution in [0.5, 0.6) is 0 Å². The van der Waals surface area contributed by atoms with E-state index in [1.807, 2.05) is 18.9 Å². The summed E-state index contributed by atoms with van der Waals surface area (Å²) in [5.74, 6) is -0.319. The number of hydrogen-bond donors (Lipinski definition) is 1. The van der Waals surface area contributed by atoms with Crippen molar-refractivity contribution in [2.45, 2.75) is 20.8 Å². The van der Waals surface area contributed by atoms with Crippen LogP contribution in [0.2, 0.25) is 0 Å². The van der Waals surface area contributed by atoms with Gasteiger partial charge in [0.2, 0.25) is 5.91 Å². The van der Waals surface area contributed by atoms with Gasteiger partial charge in [-0.2, -0.15) is 0 Å². The summed E-state index contributed by atoms with van der Waals surface area (Å²) in [6, 6.07) is 4.15. The molecule has 0 atom stereocenters. The van der Waals surface area contributed by atoms with Gasteiger partial charge in [-0.1, -0.05) is 34.8 Å². The molecule has 9 heteroatoms. The Morgan fingerprint density at radius 2 is 1.71 bits per heavy atom. The van der Waals surface area contributed by atoms with Gasteiger partial charge >= 0.3 is 0 Å². The first-order valence-electron chi connectivity index (χ1n) is 8.74. The van der Waals surface area contributed by atoms with Crippen LogP contribution in [-0.4, -0.2) is 54.4 Å². The maximum absolute atomic E-state index is 12.5. The lowest BCUT2D eigenvalue weighted by Crippen LogP contribution is -2.29. The summed E-state index contributed by atoms with van der Waals surface area (Å²) in [5.41, 5.74) is 3.90. The number of anilines is 2. The smallest absolute Gasteiger partial charge is 0.265 e. The van der Waals surface area contributed by atoms with Gasteiger partial charge in [0.1, 0.15) is 4.88 Å². The Morgan fingerprint density at radius 3 is 2.36 bits per heavy atom. The predicted octanol–water partition coefficient (Wildman–Crippen LogP) is 3.45. The van der Waals surface area contributed by atoms with Crippen molar-refractivity contribution in [3.05, 3.63) is 33.8 Å². The maximum atomic E-state index is 12.5. The van der Waals surface area contributed by atoms with E-state index in [0.717, 1.165) is 20.9 Å². The molecule has 2 aromatic heterocycles. The second kappa shape index (κ2) is 7.84. The Labute approximate surface area is 172 Å². The Morgan fingerprint density at radius 1 is 1.04 bits per heavy atom. The molecule has 0 fully saturated rings. The number of hydrogen-bond acceptors (Lipinski definition) is 7. The van der Waals surface area contributed by atoms with Crippen molar-refractivity contribution in [2.75, 3.05) is 37.9 Å². The molecule has 0 unspecified atom stereocenters. The molecule has 3 rings (SSSR count). The molecule has 148 valence electrons. The van der Waals surface area contributed by atoms with E-state index >= 15 is 0 Å². The molecule has 2 amide bonds. The normalized spacial score (nSPS) is 10.9. The Hall–Kier alpha value is -2.52. The third-order valence-corrected chi connectivity index (χ3v) is 6.65. The van der Waals surface area contributed by atoms with Crippen LogP contribution in [0.25, 0.3) is 10.2 Å². The minimum absolute atomic E-state index is 0.118. The summed E-state index contributed by atoms with van der Waals surface area (Å²) in [4.78, 5) is 37.5. The van der Waals surface area contributed by atoms with Crippen LogP contribution in [0.4, 0.5) is 10.3 Å². The minimum atomic E-state index is -0.201. The third kappa shape index (κ3) is 4.00. The number of amides is 2. The number of thiazole rings is 2. The number of carbonyl (C=O) groups is 2. The Bertz CT molecular complexity index is 1020. The van der Waals surface area contributed by atoms with Crippen LogP contribution in [0.3, 0.4) is 0 Å². The SMILES string of the molecule is Cc1nc(NC(=O)CN(C)c2nc3c(C)ccc(C)c3s2)sc1C(=O)N(C)C. The van der Waals surface area contributed by atoms with Crippen molar-refractivity contribution in [2.24, 2.45) is 0 Å². The molecular weight excluding hydrogens is 394 g/mol. The molecule has 7 nitrogen and oxygen atoms in total. The maximum Gasteiger partial charge on any atom is 0.265 e. The second-order valence-corrected chi connectivity index (χ2v) is 8.89. The fourth-order valence-corrected chi connectivity index (χ4v) is 4.78. The summed E-state index contributed by atoms with van der Waals surface area (Å²) in [6.07, 6.45) is 0. The van der Waals surface area contributed by atoms with Gasteiger partial charge in [-0.3, -0.25) is 9.59 Å². The number of fused-ring (bicyclic) bond motifs is 1. The molecular formula is C19H23N5O2S2. The number of nitrogens with zero attached hydrogens (tertiary/aromatic N) is 4. The Kier molecular flexibility index (Phi) is 5.66. The van der Waals surface area contributed by atoms with Gasteiger partial charge in [0.15, 0.2) is 10.3 Å². The molecule has 0 saturated heterocycles. The highest BCUT2D eigenvalue weighted by atomic mass is 32.1. The first kappa shape index (κ1) is 20.2. The highest BCUT2D eigenvalue weighted by molar-refractivity contribution is 7.22. The van der Waals surface area contributed by atoms with Gasteiger partial charge in [-0.05, 0) is 31.9 Å². The van der Waals surface area contributed by atoms with Crippen LogP contribution in [0, 0.1) is 20.8 Å². The van der Waals surface area contributed by atoms with Crippen molar-refractivity contribution >= 4 is 55.0 Å². The molecule has 3 aromatic rings. The molecule has 0 saturated carbocycles. The highest BCUT2D eigenvalue weighted by Gasteiger charge is 2.19. The predicted molar refractivity (Wildman–Crippen MR) is 116 cm³/mol. The number of aryl methyl sites for hydroxylation is 3. The van der Waals surface area contributed by atoms with Crippen molar-refractivity contribution in [1.82, 2.24) is 14.9 Å². The average Bonchev–Trinajstić information content (AvgIpc) is 3.22. The zero-order chi connectivity index (χ0) is 20.6. The quantitative estimate of drug-likeness (QED) is 0.688. The molecule has 1 N–H and O–H groups in total. The van der Waals surface area contributed by atoms with Crippen LogP contribution < -0.4 is 10.2 Å². The summed E-state index contributed by atoms with van der Waals surface area (Å²) < 4.78 is 1.14. The van der Waals surface area contributed by atoms with Crippen LogP contribution in [-0.2, 0) is 4.79 Å². The molecule has 0 aliphatic heterocycles. The minimum Gasteiger partial charge on any atom is -0.344 e. The van der Waals surface area contributed by atoms with Gasteiger partial charge in [-0.25, -0.2) is 9.97 Å². The van der Waals surface area contributed by atoms with E-state index < -0.39 is 0 Å². The number of carbonyl (C=O) groups excluding carboxylic acids is 2. The van der Waals surface area contributed by atoms with Gasteiger partial charge in [-0.15, -0.1) is 0 Å². The molecule has 0 aliphatic carbocycles. The van der Waals surface area contributed by atoms with Gasteiger partial charge < -0.3 is 15.1 Å². The average molecular weight is 418 g/mol. The number of likely N-dealkylation sites (N-methyl/N-ethyl adjacent to an activating group) is 1. The number of rotatable bonds is 5. The molecule has 0 radical (unpaired) electrons. The monoisotopic (exact) mass is 417 g/mol. The van der Waals surface area contributed by atoms with Gasteiger partial charge in [0.05, 0.1) is 22.5 Å². The zero-order valence-corrected chi connectivity index (χ0v) is 18.4. The van der Waals surface area contributed by atoms with E-state index in [1.54, 1.807) is 32.4 Å². The van der Waals surface area contributed by atoms with Crippen molar-refractivity contribution in [3.63, 3.8) is 0 Å². The van der Waals surface area contributed by atoms with Crippen molar-refractivity contribution < 1.29 is 9.59 Å². The van der Waals surface area contributed by atoms with Crippen molar-refractivity contribution in [1.29, 1.82) is 0 Å². The first-order valence-corrected chi connectivity index (χ1v) is 10.4. The fraction of sp³-hybridized carbons (Fsp3) is 0.368. The highest BCUT2D eigenvalue weighted by Crippen LogP contribution is 2.32. The second-order valence-electron chi connectivity index (χ2n) is 6.91. The van der Waals surface area contributed by atoms with E-state index in [2.05, 4.69) is 29.4 Å². The molecule has 0 bridgehead atoms. The number of nitrogens with one attached hydrogen (secondary N) is 1. The number of benzene rings is 1. The lowest BCUT2D eigenvalue weighted by atomic mass is 10.1. The van der Waals surface area contributed by atoms with Crippen LogP contribution in [0.15, 0.2) is 12.1 Å². The van der Waals surface area contributed by atoms with Crippen LogP contribution >= 0.6 is 22.7 Å². The molecule has 0 aliphatic rings. The standard InChI is InChI=1S/C19H23N5O2S2/c1-10-7-8-11(2)15-14(10)22-19(28-15)24(6)9-13(25)21-18-20-12(3)16(27-18)17(26)23(4)5/h7-8H,9H2,1-6H3,(H,20,21,25). The summed E-state index contributed by atoms with van der Waals surface area (Å²) in [5, 5.41) is 4.01. The Balaban J connectivity index is 1.72. The first-order chi connectivity index (χ1) is 13.2. The van der Waals surface area contributed by atoms with Crippen molar-refractivity contribution in [3.8, 4) is 0 Å². The summed E-state index contributed by atoms with van der Waals surface area (Å²) >= 11 is 2.77. The lowest BCUT2D eigenvalue weighted by Gasteiger charge is -2.14. The van der Waals surface area contributed by atoms with Crippen LogP contribution in [0.1, 0.15) is 26.5 Å². The fourth-order valence-electron chi connectivity index (χ4n) is 2.70. The molecule has 28 heavy (non-hydrogen) atoms. The van der Waals surface area contributed by atoms with E-state index in [-0.39, 0.29) is 18.4 Å². The van der Waals surface area contributed by atoms with E-state index in [0.29, 0.717) is 15.7 Å². The zero-order valence-electron chi connectivity index (χ0n) is 16.8. The topological polar surface area (TPSA) is 78.4 Å². The van der Waals surface area contributed by atoms with E-state index in [1.165, 1.54) is 21.8 Å². The lowest BCUT2D eigenvalue weighted by molar-refractivity contribution is -0.114. The van der Waals surface area contributed by atoms with E-state index in [4.69, 9.17) is 4.98 Å². The summed E-state index contributed by atoms with van der Waals surface area (Å²) in [6.45, 7) is 6.01. The van der Waals surface area contributed by atoms with E-state index in [9.17, 15) is 9.59 Å². The van der Waals surface area contributed by atoms with Gasteiger partial charge in [0.25, 0.3) is 5.91 Å². The van der Waals surface area contributed by atoms with Gasteiger partial charge in [0, 0.05) is 21.1 Å². The molecule has 1 aromatic carbocycles. The molecule has 2 heterocycles. The largest absolute Gasteiger partial charge is 0.344 e. The molecule has 0 spiro atoms.